The molecule has 0 bridgehead atoms. The number of benzene rings is 1. The fourth-order valence-electron chi connectivity index (χ4n) is 2.06. The first-order chi connectivity index (χ1) is 9.10. The molecule has 3 nitrogen and oxygen atoms in total. The van der Waals surface area contributed by atoms with Crippen molar-refractivity contribution < 1.29 is 18.3 Å². The first-order valence-electron chi connectivity index (χ1n) is 6.58. The summed E-state index contributed by atoms with van der Waals surface area (Å²) >= 11 is 0. The van der Waals surface area contributed by atoms with Gasteiger partial charge in [0.25, 0.3) is 0 Å². The van der Waals surface area contributed by atoms with Gasteiger partial charge in [0.05, 0.1) is 13.2 Å². The first-order valence-corrected chi connectivity index (χ1v) is 6.58. The van der Waals surface area contributed by atoms with Gasteiger partial charge in [0.15, 0.2) is 17.4 Å². The Hall–Kier alpha value is -1.20. The third-order valence-electron chi connectivity index (χ3n) is 3.25. The summed E-state index contributed by atoms with van der Waals surface area (Å²) in [5.41, 5.74) is 6.34. The van der Waals surface area contributed by atoms with Crippen molar-refractivity contribution in [3.8, 4) is 5.75 Å². The molecule has 1 aliphatic rings. The largest absolute Gasteiger partial charge is 0.482 e. The second kappa shape index (κ2) is 6.30. The molecule has 2 rings (SSSR count). The SMILES string of the molecule is CCC(N)Cc1cc(F)c(OC2CCOC2)c(F)c1. The first kappa shape index (κ1) is 14.2. The van der Waals surface area contributed by atoms with E-state index in [2.05, 4.69) is 0 Å². The highest BCUT2D eigenvalue weighted by Gasteiger charge is 2.22. The maximum atomic E-state index is 13.9. The van der Waals surface area contributed by atoms with Crippen molar-refractivity contribution in [1.29, 1.82) is 0 Å². The lowest BCUT2D eigenvalue weighted by Crippen LogP contribution is -2.22. The zero-order valence-corrected chi connectivity index (χ0v) is 11.0. The van der Waals surface area contributed by atoms with E-state index in [9.17, 15) is 8.78 Å². The average Bonchev–Trinajstić information content (AvgIpc) is 2.86. The van der Waals surface area contributed by atoms with Gasteiger partial charge in [-0.3, -0.25) is 0 Å². The van der Waals surface area contributed by atoms with Gasteiger partial charge in [-0.2, -0.15) is 0 Å². The minimum Gasteiger partial charge on any atom is -0.482 e. The summed E-state index contributed by atoms with van der Waals surface area (Å²) in [5.74, 6) is -1.67. The van der Waals surface area contributed by atoms with E-state index in [0.717, 1.165) is 6.42 Å². The molecule has 0 aliphatic carbocycles. The van der Waals surface area contributed by atoms with E-state index in [1.165, 1.54) is 12.1 Å². The van der Waals surface area contributed by atoms with Gasteiger partial charge in [0.2, 0.25) is 0 Å². The molecule has 2 unspecified atom stereocenters. The van der Waals surface area contributed by atoms with Crippen LogP contribution in [0, 0.1) is 11.6 Å². The van der Waals surface area contributed by atoms with E-state index >= 15 is 0 Å². The molecule has 1 aromatic rings. The molecule has 0 amide bonds. The van der Waals surface area contributed by atoms with Crippen LogP contribution in [0.3, 0.4) is 0 Å². The summed E-state index contributed by atoms with van der Waals surface area (Å²) in [6.07, 6.45) is 1.60. The van der Waals surface area contributed by atoms with E-state index in [0.29, 0.717) is 31.6 Å². The minimum atomic E-state index is -0.676. The molecule has 1 heterocycles. The van der Waals surface area contributed by atoms with Gasteiger partial charge in [-0.05, 0) is 30.5 Å². The number of hydrogen-bond acceptors (Lipinski definition) is 3. The van der Waals surface area contributed by atoms with Gasteiger partial charge < -0.3 is 15.2 Å². The maximum absolute atomic E-state index is 13.9. The highest BCUT2D eigenvalue weighted by molar-refractivity contribution is 5.32. The smallest absolute Gasteiger partial charge is 0.191 e. The predicted molar refractivity (Wildman–Crippen MR) is 68.2 cm³/mol. The van der Waals surface area contributed by atoms with E-state index in [-0.39, 0.29) is 17.9 Å². The number of nitrogens with two attached hydrogens (primary N) is 1. The Morgan fingerprint density at radius 3 is 2.63 bits per heavy atom. The molecule has 2 N–H and O–H groups in total. The Morgan fingerprint density at radius 2 is 2.11 bits per heavy atom. The molecule has 0 spiro atoms. The topological polar surface area (TPSA) is 44.5 Å². The molecule has 0 radical (unpaired) electrons. The van der Waals surface area contributed by atoms with Crippen LogP contribution in [0.5, 0.6) is 5.75 Å². The van der Waals surface area contributed by atoms with Gasteiger partial charge in [-0.25, -0.2) is 8.78 Å². The summed E-state index contributed by atoms with van der Waals surface area (Å²) in [6, 6.07) is 2.50. The number of rotatable bonds is 5. The quantitative estimate of drug-likeness (QED) is 0.894. The second-order valence-electron chi connectivity index (χ2n) is 4.86. The highest BCUT2D eigenvalue weighted by atomic mass is 19.1. The zero-order chi connectivity index (χ0) is 13.8. The Balaban J connectivity index is 2.12. The molecule has 1 fully saturated rings. The van der Waals surface area contributed by atoms with Crippen molar-refractivity contribution in [3.05, 3.63) is 29.3 Å². The van der Waals surface area contributed by atoms with Crippen LogP contribution in [0.25, 0.3) is 0 Å². The number of ether oxygens (including phenoxy) is 2. The van der Waals surface area contributed by atoms with Gasteiger partial charge in [0, 0.05) is 12.5 Å². The van der Waals surface area contributed by atoms with E-state index in [4.69, 9.17) is 15.2 Å². The Bertz CT molecular complexity index is 410. The predicted octanol–water partition coefficient (Wildman–Crippen LogP) is 2.41. The van der Waals surface area contributed by atoms with Gasteiger partial charge in [-0.15, -0.1) is 0 Å². The number of hydrogen-bond donors (Lipinski definition) is 1. The maximum Gasteiger partial charge on any atom is 0.191 e. The van der Waals surface area contributed by atoms with Crippen molar-refractivity contribution in [3.63, 3.8) is 0 Å². The second-order valence-corrected chi connectivity index (χ2v) is 4.86. The van der Waals surface area contributed by atoms with E-state index in [1.54, 1.807) is 0 Å². The van der Waals surface area contributed by atoms with Gasteiger partial charge in [-0.1, -0.05) is 6.92 Å². The normalized spacial score (nSPS) is 20.5. The number of halogens is 2. The molecule has 1 aliphatic heterocycles. The molecular weight excluding hydrogens is 252 g/mol. The van der Waals surface area contributed by atoms with Crippen molar-refractivity contribution in [2.75, 3.05) is 13.2 Å². The third kappa shape index (κ3) is 3.64. The molecule has 1 saturated heterocycles. The third-order valence-corrected chi connectivity index (χ3v) is 3.25. The molecule has 0 aromatic heterocycles. The molecule has 106 valence electrons. The zero-order valence-electron chi connectivity index (χ0n) is 11.0. The van der Waals surface area contributed by atoms with Crippen LogP contribution in [0.15, 0.2) is 12.1 Å². The van der Waals surface area contributed by atoms with Crippen LogP contribution in [0.1, 0.15) is 25.3 Å². The summed E-state index contributed by atoms with van der Waals surface area (Å²) in [6.45, 7) is 2.88. The molecule has 0 saturated carbocycles. The van der Waals surface area contributed by atoms with Crippen molar-refractivity contribution in [1.82, 2.24) is 0 Å². The average molecular weight is 271 g/mol. The van der Waals surface area contributed by atoms with Gasteiger partial charge >= 0.3 is 0 Å². The lowest BCUT2D eigenvalue weighted by Gasteiger charge is -2.15. The molecule has 19 heavy (non-hydrogen) atoms. The van der Waals surface area contributed by atoms with Crippen molar-refractivity contribution >= 4 is 0 Å². The van der Waals surface area contributed by atoms with Crippen molar-refractivity contribution in [2.45, 2.75) is 38.3 Å². The molecular formula is C14H19F2NO2. The van der Waals surface area contributed by atoms with Crippen LogP contribution in [0.2, 0.25) is 0 Å². The molecule has 2 atom stereocenters. The fourth-order valence-corrected chi connectivity index (χ4v) is 2.06. The molecule has 5 heteroatoms. The van der Waals surface area contributed by atoms with Crippen LogP contribution in [0.4, 0.5) is 8.78 Å². The fraction of sp³-hybridized carbons (Fsp3) is 0.571. The Morgan fingerprint density at radius 1 is 1.42 bits per heavy atom. The van der Waals surface area contributed by atoms with Gasteiger partial charge in [0.1, 0.15) is 6.10 Å². The lowest BCUT2D eigenvalue weighted by atomic mass is 10.0. The van der Waals surface area contributed by atoms with E-state index in [1.807, 2.05) is 6.92 Å². The summed E-state index contributed by atoms with van der Waals surface area (Å²) in [5, 5.41) is 0. The highest BCUT2D eigenvalue weighted by Crippen LogP contribution is 2.26. The summed E-state index contributed by atoms with van der Waals surface area (Å²) < 4.78 is 38.2. The Kier molecular flexibility index (Phi) is 4.71. The lowest BCUT2D eigenvalue weighted by molar-refractivity contribution is 0.134. The van der Waals surface area contributed by atoms with Crippen LogP contribution in [-0.2, 0) is 11.2 Å². The van der Waals surface area contributed by atoms with Crippen LogP contribution >= 0.6 is 0 Å². The van der Waals surface area contributed by atoms with E-state index < -0.39 is 11.6 Å². The van der Waals surface area contributed by atoms with Crippen molar-refractivity contribution in [2.24, 2.45) is 5.73 Å². The standard InChI is InChI=1S/C14H19F2NO2/c1-2-10(17)5-9-6-12(15)14(13(16)7-9)19-11-3-4-18-8-11/h6-7,10-11H,2-5,8,17H2,1H3. The monoisotopic (exact) mass is 271 g/mol. The molecule has 1 aromatic carbocycles. The minimum absolute atomic E-state index is 0.0891. The Labute approximate surface area is 111 Å². The summed E-state index contributed by atoms with van der Waals surface area (Å²) in [7, 11) is 0. The summed E-state index contributed by atoms with van der Waals surface area (Å²) in [4.78, 5) is 0. The van der Waals surface area contributed by atoms with Crippen LogP contribution in [-0.4, -0.2) is 25.4 Å². The van der Waals surface area contributed by atoms with Crippen LogP contribution < -0.4 is 10.5 Å².